The number of benzene rings is 2. The second-order valence-corrected chi connectivity index (χ2v) is 14.6. The summed E-state index contributed by atoms with van der Waals surface area (Å²) in [7, 11) is -7.00. The summed E-state index contributed by atoms with van der Waals surface area (Å²) in [4.78, 5) is 4.74. The van der Waals surface area contributed by atoms with Gasteiger partial charge < -0.3 is 19.9 Å². The largest absolute Gasteiger partial charge is 0.491 e. The van der Waals surface area contributed by atoms with Gasteiger partial charge >= 0.3 is 0 Å². The Labute approximate surface area is 241 Å². The van der Waals surface area contributed by atoms with E-state index in [2.05, 4.69) is 10.3 Å². The van der Waals surface area contributed by atoms with Crippen LogP contribution >= 0.6 is 0 Å². The Balaban J connectivity index is 1.10. The van der Waals surface area contributed by atoms with Crippen molar-refractivity contribution in [1.82, 2.24) is 14.6 Å². The highest BCUT2D eigenvalue weighted by Gasteiger charge is 2.44. The van der Waals surface area contributed by atoms with Crippen LogP contribution in [0.5, 0.6) is 5.75 Å². The van der Waals surface area contributed by atoms with Crippen molar-refractivity contribution in [2.24, 2.45) is 0 Å². The standard InChI is InChI=1S/C29H35N3O7S2/c1-40(34,35)26-8-5-7-25(17-26)38-21-24(33)19-31-23-18-29(39-20-23)11-14-32(15-12-29)41(36,37)27-9-4-6-22(16-27)28-10-2-3-13-30-28/h2-10,13,16-17,23-24,31,33H,11-12,14-15,18-21H2,1H3/t23?,24-/m0/s1. The Bertz CT molecular complexity index is 1560. The number of sulfonamides is 1. The lowest BCUT2D eigenvalue weighted by Gasteiger charge is -2.38. The summed E-state index contributed by atoms with van der Waals surface area (Å²) in [6.07, 6.45) is 3.91. The number of sulfone groups is 1. The molecule has 2 aliphatic rings. The van der Waals surface area contributed by atoms with Crippen molar-refractivity contribution in [1.29, 1.82) is 0 Å². The Hall–Kier alpha value is -2.87. The Morgan fingerprint density at radius 2 is 1.80 bits per heavy atom. The van der Waals surface area contributed by atoms with Crippen LogP contribution in [-0.2, 0) is 24.6 Å². The van der Waals surface area contributed by atoms with Crippen molar-refractivity contribution in [2.75, 3.05) is 39.1 Å². The predicted octanol–water partition coefficient (Wildman–Crippen LogP) is 2.49. The lowest BCUT2D eigenvalue weighted by molar-refractivity contribution is -0.0312. The fourth-order valence-corrected chi connectivity index (χ4v) is 7.45. The molecule has 1 spiro atoms. The average Bonchev–Trinajstić information content (AvgIpc) is 3.37. The van der Waals surface area contributed by atoms with E-state index < -0.39 is 31.6 Å². The highest BCUT2D eigenvalue weighted by Crippen LogP contribution is 2.37. The molecule has 0 aliphatic carbocycles. The van der Waals surface area contributed by atoms with Crippen LogP contribution in [0.25, 0.3) is 11.3 Å². The van der Waals surface area contributed by atoms with Crippen LogP contribution in [0.1, 0.15) is 19.3 Å². The molecule has 0 bridgehead atoms. The average molecular weight is 602 g/mol. The number of nitrogens with zero attached hydrogens (tertiary/aromatic N) is 2. The minimum atomic E-state index is -3.66. The summed E-state index contributed by atoms with van der Waals surface area (Å²) >= 11 is 0. The summed E-state index contributed by atoms with van der Waals surface area (Å²) in [5.74, 6) is 0.375. The third-order valence-electron chi connectivity index (χ3n) is 7.59. The summed E-state index contributed by atoms with van der Waals surface area (Å²) in [6.45, 7) is 1.50. The molecule has 220 valence electrons. The second kappa shape index (κ2) is 12.2. The zero-order valence-electron chi connectivity index (χ0n) is 22.8. The van der Waals surface area contributed by atoms with Crippen LogP contribution in [0, 0.1) is 0 Å². The zero-order valence-corrected chi connectivity index (χ0v) is 24.5. The van der Waals surface area contributed by atoms with E-state index in [9.17, 15) is 21.9 Å². The lowest BCUT2D eigenvalue weighted by atomic mass is 9.88. The number of aliphatic hydroxyl groups excluding tert-OH is 1. The molecule has 1 unspecified atom stereocenters. The molecule has 0 amide bonds. The molecule has 0 saturated carbocycles. The molecule has 2 saturated heterocycles. The summed E-state index contributed by atoms with van der Waals surface area (Å²) in [5.41, 5.74) is 1.08. The number of hydrogen-bond donors (Lipinski definition) is 2. The van der Waals surface area contributed by atoms with E-state index in [1.165, 1.54) is 16.4 Å². The number of piperidine rings is 1. The van der Waals surface area contributed by atoms with Crippen molar-refractivity contribution in [3.8, 4) is 17.0 Å². The molecule has 0 radical (unpaired) electrons. The first kappa shape index (κ1) is 29.6. The Morgan fingerprint density at radius 3 is 2.54 bits per heavy atom. The molecule has 2 fully saturated rings. The lowest BCUT2D eigenvalue weighted by Crippen LogP contribution is -2.47. The third-order valence-corrected chi connectivity index (χ3v) is 10.6. The number of aromatic nitrogens is 1. The SMILES string of the molecule is CS(=O)(=O)c1cccc(OC[C@@H](O)CNC2COC3(CCN(S(=O)(=O)c4cccc(-c5ccccn5)c4)CC3)C2)c1. The molecule has 1 aromatic heterocycles. The molecule has 2 atom stereocenters. The Kier molecular flexibility index (Phi) is 8.78. The highest BCUT2D eigenvalue weighted by atomic mass is 32.2. The maximum Gasteiger partial charge on any atom is 0.243 e. The molecule has 3 heterocycles. The highest BCUT2D eigenvalue weighted by molar-refractivity contribution is 7.90. The van der Waals surface area contributed by atoms with Crippen LogP contribution in [-0.4, -0.2) is 88.1 Å². The van der Waals surface area contributed by atoms with Gasteiger partial charge in [-0.25, -0.2) is 16.8 Å². The van der Waals surface area contributed by atoms with E-state index in [4.69, 9.17) is 9.47 Å². The Morgan fingerprint density at radius 1 is 1.05 bits per heavy atom. The topological polar surface area (TPSA) is 135 Å². The number of hydrogen-bond acceptors (Lipinski definition) is 9. The van der Waals surface area contributed by atoms with Crippen LogP contribution in [0.3, 0.4) is 0 Å². The fraction of sp³-hybridized carbons (Fsp3) is 0.414. The summed E-state index contributed by atoms with van der Waals surface area (Å²) < 4.78 is 63.6. The number of ether oxygens (including phenoxy) is 2. The quantitative estimate of drug-likeness (QED) is 0.359. The molecule has 3 aromatic rings. The van der Waals surface area contributed by atoms with Crippen LogP contribution in [0.2, 0.25) is 0 Å². The van der Waals surface area contributed by atoms with Gasteiger partial charge in [-0.15, -0.1) is 0 Å². The second-order valence-electron chi connectivity index (χ2n) is 10.7. The summed E-state index contributed by atoms with van der Waals surface area (Å²) in [6, 6.07) is 18.6. The van der Waals surface area contributed by atoms with Crippen LogP contribution in [0.4, 0.5) is 0 Å². The van der Waals surface area contributed by atoms with Gasteiger partial charge in [-0.1, -0.05) is 24.3 Å². The van der Waals surface area contributed by atoms with Gasteiger partial charge in [-0.3, -0.25) is 4.98 Å². The molecular weight excluding hydrogens is 566 g/mol. The van der Waals surface area contributed by atoms with E-state index >= 15 is 0 Å². The predicted molar refractivity (Wildman–Crippen MR) is 154 cm³/mol. The van der Waals surface area contributed by atoms with Crippen molar-refractivity contribution in [2.45, 2.75) is 46.8 Å². The van der Waals surface area contributed by atoms with Crippen molar-refractivity contribution >= 4 is 19.9 Å². The van der Waals surface area contributed by atoms with Gasteiger partial charge in [0, 0.05) is 43.7 Å². The van der Waals surface area contributed by atoms with Crippen LogP contribution < -0.4 is 10.1 Å². The normalized spacial score (nSPS) is 20.2. The molecule has 10 nitrogen and oxygen atoms in total. The molecule has 5 rings (SSSR count). The van der Waals surface area contributed by atoms with Gasteiger partial charge in [-0.05, 0) is 61.7 Å². The maximum atomic E-state index is 13.4. The molecule has 2 N–H and O–H groups in total. The number of pyridine rings is 1. The monoisotopic (exact) mass is 601 g/mol. The van der Waals surface area contributed by atoms with Crippen molar-refractivity contribution in [3.05, 3.63) is 72.9 Å². The smallest absolute Gasteiger partial charge is 0.243 e. The van der Waals surface area contributed by atoms with E-state index in [0.717, 1.165) is 23.9 Å². The third kappa shape index (κ3) is 7.14. The van der Waals surface area contributed by atoms with Crippen molar-refractivity contribution in [3.63, 3.8) is 0 Å². The molecule has 2 aromatic carbocycles. The molecular formula is C29H35N3O7S2. The van der Waals surface area contributed by atoms with Gasteiger partial charge in [0.15, 0.2) is 9.84 Å². The fourth-order valence-electron chi connectivity index (χ4n) is 5.31. The van der Waals surface area contributed by atoms with Gasteiger partial charge in [-0.2, -0.15) is 4.31 Å². The minimum absolute atomic E-state index is 0.00723. The van der Waals surface area contributed by atoms with E-state index in [-0.39, 0.29) is 29.0 Å². The van der Waals surface area contributed by atoms with Gasteiger partial charge in [0.25, 0.3) is 0 Å². The molecule has 41 heavy (non-hydrogen) atoms. The van der Waals surface area contributed by atoms with E-state index in [0.29, 0.717) is 38.3 Å². The van der Waals surface area contributed by atoms with Gasteiger partial charge in [0.2, 0.25) is 10.0 Å². The maximum absolute atomic E-state index is 13.4. The molecule has 2 aliphatic heterocycles. The first-order valence-electron chi connectivity index (χ1n) is 13.5. The summed E-state index contributed by atoms with van der Waals surface area (Å²) in [5, 5.41) is 13.7. The minimum Gasteiger partial charge on any atom is -0.491 e. The van der Waals surface area contributed by atoms with Gasteiger partial charge in [0.1, 0.15) is 18.5 Å². The first-order chi connectivity index (χ1) is 19.5. The first-order valence-corrected chi connectivity index (χ1v) is 16.9. The van der Waals surface area contributed by atoms with Crippen LogP contribution in [0.15, 0.2) is 82.7 Å². The number of rotatable bonds is 10. The van der Waals surface area contributed by atoms with E-state index in [1.54, 1.807) is 36.5 Å². The molecule has 12 heteroatoms. The number of nitrogens with one attached hydrogen (secondary N) is 1. The van der Waals surface area contributed by atoms with Gasteiger partial charge in [0.05, 0.1) is 27.7 Å². The van der Waals surface area contributed by atoms with Crippen molar-refractivity contribution < 1.29 is 31.4 Å². The number of aliphatic hydroxyl groups is 1. The van der Waals surface area contributed by atoms with E-state index in [1.807, 2.05) is 24.3 Å². The zero-order chi connectivity index (χ0) is 29.1.